The van der Waals surface area contributed by atoms with Crippen molar-refractivity contribution < 1.29 is 9.90 Å². The van der Waals surface area contributed by atoms with Crippen molar-refractivity contribution in [1.82, 2.24) is 4.90 Å². The molecule has 0 aromatic rings. The van der Waals surface area contributed by atoms with E-state index < -0.39 is 11.5 Å². The average Bonchev–Trinajstić information content (AvgIpc) is 2.63. The van der Waals surface area contributed by atoms with E-state index >= 15 is 0 Å². The summed E-state index contributed by atoms with van der Waals surface area (Å²) in [5.41, 5.74) is -0.514. The molecule has 2 rings (SSSR count). The number of nitrogens with zero attached hydrogens (tertiary/aromatic N) is 1. The standard InChI is InChI=1S/C12H21NO2/c1-10-5-6-12(9-10,11(14)15)13-7-3-2-4-8-13/h10H,2-9H2,1H3,(H,14,15). The van der Waals surface area contributed by atoms with Crippen LogP contribution in [-0.4, -0.2) is 34.6 Å². The van der Waals surface area contributed by atoms with Gasteiger partial charge in [-0.3, -0.25) is 9.69 Å². The molecule has 86 valence electrons. The largest absolute Gasteiger partial charge is 0.480 e. The molecule has 3 heteroatoms. The smallest absolute Gasteiger partial charge is 0.324 e. The van der Waals surface area contributed by atoms with E-state index in [1.807, 2.05) is 0 Å². The number of hydrogen-bond acceptors (Lipinski definition) is 2. The van der Waals surface area contributed by atoms with Crippen LogP contribution in [0.4, 0.5) is 0 Å². The first-order valence-electron chi connectivity index (χ1n) is 6.13. The minimum atomic E-state index is -0.589. The average molecular weight is 211 g/mol. The summed E-state index contributed by atoms with van der Waals surface area (Å²) in [7, 11) is 0. The first-order valence-corrected chi connectivity index (χ1v) is 6.13. The number of likely N-dealkylation sites (tertiary alicyclic amines) is 1. The molecule has 0 bridgehead atoms. The quantitative estimate of drug-likeness (QED) is 0.760. The molecular weight excluding hydrogens is 190 g/mol. The zero-order chi connectivity index (χ0) is 10.9. The van der Waals surface area contributed by atoms with Crippen molar-refractivity contribution in [1.29, 1.82) is 0 Å². The van der Waals surface area contributed by atoms with Crippen molar-refractivity contribution in [3.8, 4) is 0 Å². The van der Waals surface area contributed by atoms with E-state index in [9.17, 15) is 9.90 Å². The minimum absolute atomic E-state index is 0.514. The lowest BCUT2D eigenvalue weighted by Crippen LogP contribution is -2.54. The number of hydrogen-bond donors (Lipinski definition) is 1. The summed E-state index contributed by atoms with van der Waals surface area (Å²) in [4.78, 5) is 13.8. The Morgan fingerprint density at radius 2 is 2.00 bits per heavy atom. The highest BCUT2D eigenvalue weighted by Crippen LogP contribution is 2.40. The van der Waals surface area contributed by atoms with Crippen molar-refractivity contribution >= 4 is 5.97 Å². The summed E-state index contributed by atoms with van der Waals surface area (Å²) >= 11 is 0. The summed E-state index contributed by atoms with van der Waals surface area (Å²) in [6, 6.07) is 0. The third-order valence-corrected chi connectivity index (χ3v) is 4.10. The molecular formula is C12H21NO2. The first kappa shape index (κ1) is 10.9. The van der Waals surface area contributed by atoms with Crippen molar-refractivity contribution in [3.63, 3.8) is 0 Å². The SMILES string of the molecule is CC1CCC(C(=O)O)(N2CCCCC2)C1. The van der Waals surface area contributed by atoms with Gasteiger partial charge in [-0.1, -0.05) is 13.3 Å². The zero-order valence-electron chi connectivity index (χ0n) is 9.54. The fourth-order valence-corrected chi connectivity index (χ4v) is 3.20. The summed E-state index contributed by atoms with van der Waals surface area (Å²) in [6.45, 7) is 4.15. The van der Waals surface area contributed by atoms with Crippen LogP contribution in [0.15, 0.2) is 0 Å². The van der Waals surface area contributed by atoms with Crippen molar-refractivity contribution in [2.45, 2.75) is 51.0 Å². The van der Waals surface area contributed by atoms with Gasteiger partial charge in [-0.15, -0.1) is 0 Å². The predicted molar refractivity (Wildman–Crippen MR) is 58.8 cm³/mol. The maximum atomic E-state index is 11.5. The normalized spacial score (nSPS) is 38.1. The molecule has 1 heterocycles. The van der Waals surface area contributed by atoms with Crippen LogP contribution in [0.3, 0.4) is 0 Å². The summed E-state index contributed by atoms with van der Waals surface area (Å²) in [5.74, 6) is -0.0169. The molecule has 15 heavy (non-hydrogen) atoms. The van der Waals surface area contributed by atoms with Gasteiger partial charge in [-0.2, -0.15) is 0 Å². The Morgan fingerprint density at radius 1 is 1.33 bits per heavy atom. The van der Waals surface area contributed by atoms with Crippen LogP contribution in [0.5, 0.6) is 0 Å². The highest BCUT2D eigenvalue weighted by molar-refractivity contribution is 5.79. The molecule has 2 aliphatic rings. The van der Waals surface area contributed by atoms with Crippen molar-refractivity contribution in [2.75, 3.05) is 13.1 Å². The molecule has 1 saturated heterocycles. The van der Waals surface area contributed by atoms with Gasteiger partial charge in [-0.25, -0.2) is 0 Å². The minimum Gasteiger partial charge on any atom is -0.480 e. The molecule has 0 spiro atoms. The molecule has 0 amide bonds. The van der Waals surface area contributed by atoms with Crippen LogP contribution >= 0.6 is 0 Å². The number of carboxylic acid groups (broad SMARTS) is 1. The molecule has 1 aliphatic carbocycles. The zero-order valence-corrected chi connectivity index (χ0v) is 9.54. The molecule has 2 atom stereocenters. The Morgan fingerprint density at radius 3 is 2.47 bits per heavy atom. The fraction of sp³-hybridized carbons (Fsp3) is 0.917. The number of piperidine rings is 1. The van der Waals surface area contributed by atoms with E-state index in [1.165, 1.54) is 19.3 Å². The number of carbonyl (C=O) groups is 1. The Labute approximate surface area is 91.5 Å². The van der Waals surface area contributed by atoms with Crippen molar-refractivity contribution in [3.05, 3.63) is 0 Å². The van der Waals surface area contributed by atoms with E-state index in [4.69, 9.17) is 0 Å². The highest BCUT2D eigenvalue weighted by atomic mass is 16.4. The van der Waals surface area contributed by atoms with Gasteiger partial charge in [0.25, 0.3) is 0 Å². The molecule has 1 aliphatic heterocycles. The topological polar surface area (TPSA) is 40.5 Å². The molecule has 1 saturated carbocycles. The van der Waals surface area contributed by atoms with E-state index in [2.05, 4.69) is 11.8 Å². The van der Waals surface area contributed by atoms with E-state index in [0.717, 1.165) is 32.4 Å². The molecule has 0 aromatic carbocycles. The second-order valence-corrected chi connectivity index (χ2v) is 5.23. The lowest BCUT2D eigenvalue weighted by Gasteiger charge is -2.40. The van der Waals surface area contributed by atoms with Crippen LogP contribution in [0.2, 0.25) is 0 Å². The molecule has 1 N–H and O–H groups in total. The van der Waals surface area contributed by atoms with Crippen molar-refractivity contribution in [2.24, 2.45) is 5.92 Å². The number of aliphatic carboxylic acids is 1. The van der Waals surface area contributed by atoms with Crippen LogP contribution < -0.4 is 0 Å². The first-order chi connectivity index (χ1) is 7.15. The van der Waals surface area contributed by atoms with Crippen LogP contribution in [0.1, 0.15) is 45.4 Å². The van der Waals surface area contributed by atoms with E-state index in [0.29, 0.717) is 5.92 Å². The lowest BCUT2D eigenvalue weighted by molar-refractivity contribution is -0.152. The Bertz CT molecular complexity index is 248. The monoisotopic (exact) mass is 211 g/mol. The summed E-state index contributed by atoms with van der Waals surface area (Å²) in [5, 5.41) is 9.49. The molecule has 2 fully saturated rings. The van der Waals surface area contributed by atoms with Gasteiger partial charge in [0.15, 0.2) is 0 Å². The van der Waals surface area contributed by atoms with Gasteiger partial charge in [0.2, 0.25) is 0 Å². The van der Waals surface area contributed by atoms with E-state index in [-0.39, 0.29) is 0 Å². The Kier molecular flexibility index (Phi) is 3.01. The van der Waals surface area contributed by atoms with Gasteiger partial charge >= 0.3 is 5.97 Å². The van der Waals surface area contributed by atoms with Gasteiger partial charge < -0.3 is 5.11 Å². The van der Waals surface area contributed by atoms with Gasteiger partial charge in [0, 0.05) is 0 Å². The Balaban J connectivity index is 2.14. The second kappa shape index (κ2) is 4.12. The van der Waals surface area contributed by atoms with Crippen LogP contribution in [0, 0.1) is 5.92 Å². The third-order valence-electron chi connectivity index (χ3n) is 4.10. The van der Waals surface area contributed by atoms with E-state index in [1.54, 1.807) is 0 Å². The number of carboxylic acids is 1. The predicted octanol–water partition coefficient (Wildman–Crippen LogP) is 2.12. The Hall–Kier alpha value is -0.570. The second-order valence-electron chi connectivity index (χ2n) is 5.23. The maximum absolute atomic E-state index is 11.5. The van der Waals surface area contributed by atoms with Crippen LogP contribution in [0.25, 0.3) is 0 Å². The van der Waals surface area contributed by atoms with Gasteiger partial charge in [0.05, 0.1) is 0 Å². The summed E-state index contributed by atoms with van der Waals surface area (Å²) < 4.78 is 0. The molecule has 3 nitrogen and oxygen atoms in total. The maximum Gasteiger partial charge on any atom is 0.324 e. The van der Waals surface area contributed by atoms with Gasteiger partial charge in [-0.05, 0) is 51.1 Å². The lowest BCUT2D eigenvalue weighted by atomic mass is 9.91. The van der Waals surface area contributed by atoms with Gasteiger partial charge in [0.1, 0.15) is 5.54 Å². The highest BCUT2D eigenvalue weighted by Gasteiger charge is 2.48. The molecule has 0 aromatic heterocycles. The third kappa shape index (κ3) is 1.89. The van der Waals surface area contributed by atoms with Crippen LogP contribution in [-0.2, 0) is 4.79 Å². The summed E-state index contributed by atoms with van der Waals surface area (Å²) in [6.07, 6.45) is 6.38. The molecule has 0 radical (unpaired) electrons. The fourth-order valence-electron chi connectivity index (χ4n) is 3.20. The number of rotatable bonds is 2. The molecule has 2 unspecified atom stereocenters.